The lowest BCUT2D eigenvalue weighted by Crippen LogP contribution is -2.20. The van der Waals surface area contributed by atoms with Crippen molar-refractivity contribution in [2.75, 3.05) is 19.8 Å². The minimum atomic E-state index is -5.11. The van der Waals surface area contributed by atoms with Gasteiger partial charge in [-0.1, -0.05) is 6.92 Å². The van der Waals surface area contributed by atoms with Crippen molar-refractivity contribution >= 4 is 28.8 Å². The quantitative estimate of drug-likeness (QED) is 0.260. The van der Waals surface area contributed by atoms with Crippen LogP contribution in [0.1, 0.15) is 34.1 Å². The van der Waals surface area contributed by atoms with Gasteiger partial charge in [0.05, 0.1) is 30.8 Å². The third-order valence-electron chi connectivity index (χ3n) is 3.05. The Kier molecular flexibility index (Phi) is 10.1. The maximum atomic E-state index is 12.6. The van der Waals surface area contributed by atoms with Crippen LogP contribution in [0.4, 0.5) is 0 Å². The second-order valence-corrected chi connectivity index (χ2v) is 10.4. The Morgan fingerprint density at radius 3 is 1.62 bits per heavy atom. The van der Waals surface area contributed by atoms with Crippen LogP contribution < -0.4 is 0 Å². The molecular weight excluding hydrogens is 413 g/mol. The van der Waals surface area contributed by atoms with Gasteiger partial charge < -0.3 is 33.4 Å². The van der Waals surface area contributed by atoms with Gasteiger partial charge in [-0.3, -0.25) is 13.7 Å². The Morgan fingerprint density at radius 2 is 1.27 bits per heavy atom. The van der Waals surface area contributed by atoms with Crippen LogP contribution in [0, 0.1) is 0 Å². The molecule has 0 heterocycles. The molecule has 0 aromatic carbocycles. The number of carbonyl (C=O) groups is 1. The van der Waals surface area contributed by atoms with E-state index in [1.807, 2.05) is 0 Å². The lowest BCUT2D eigenvalue weighted by Gasteiger charge is -2.28. The van der Waals surface area contributed by atoms with E-state index in [-0.39, 0.29) is 26.2 Å². The number of hydrogen-bond donors (Lipinski definition) is 4. The molecular formula is C12H25O11P3. The van der Waals surface area contributed by atoms with Crippen LogP contribution in [0.3, 0.4) is 0 Å². The molecule has 0 aliphatic carbocycles. The van der Waals surface area contributed by atoms with Crippen molar-refractivity contribution in [2.24, 2.45) is 0 Å². The molecule has 0 aliphatic heterocycles. The van der Waals surface area contributed by atoms with E-state index in [0.29, 0.717) is 0 Å². The molecule has 0 radical (unpaired) electrons. The summed E-state index contributed by atoms with van der Waals surface area (Å²) in [6.45, 7) is 4.32. The lowest BCUT2D eigenvalue weighted by molar-refractivity contribution is -0.132. The first-order valence-corrected chi connectivity index (χ1v) is 12.5. The normalized spacial score (nSPS) is 21.0. The standard InChI is InChI=1S/C12H25O11P3/c1-5-9(24(15,16)21-6-2)10(25(17,18)22-7-3)11(12(13)14)26(19,20)23-8-4/h9H,5-8H2,1-4H3,(H,13,14)(H,15,16)(H,17,18)(H,19,20)/b11-10+. The van der Waals surface area contributed by atoms with E-state index in [9.17, 15) is 38.3 Å². The first-order valence-electron chi connectivity index (χ1n) is 7.72. The zero-order valence-electron chi connectivity index (χ0n) is 14.9. The Morgan fingerprint density at radius 1 is 0.846 bits per heavy atom. The predicted molar refractivity (Wildman–Crippen MR) is 93.1 cm³/mol. The number of hydrogen-bond acceptors (Lipinski definition) is 7. The van der Waals surface area contributed by atoms with E-state index in [2.05, 4.69) is 9.05 Å². The highest BCUT2D eigenvalue weighted by atomic mass is 31.2. The van der Waals surface area contributed by atoms with Crippen molar-refractivity contribution in [1.82, 2.24) is 0 Å². The summed E-state index contributed by atoms with van der Waals surface area (Å²) in [5, 5.41) is 6.76. The second-order valence-electron chi connectivity index (χ2n) is 4.82. The molecule has 14 heteroatoms. The van der Waals surface area contributed by atoms with Gasteiger partial charge in [0, 0.05) is 0 Å². The summed E-state index contributed by atoms with van der Waals surface area (Å²) in [7, 11) is -14.8. The average Bonchev–Trinajstić information content (AvgIpc) is 2.45. The van der Waals surface area contributed by atoms with Gasteiger partial charge in [0.1, 0.15) is 0 Å². The molecule has 11 nitrogen and oxygen atoms in total. The number of allylic oxidation sites excluding steroid dienone is 1. The van der Waals surface area contributed by atoms with Crippen LogP contribution in [0.15, 0.2) is 10.6 Å². The Labute approximate surface area is 151 Å². The van der Waals surface area contributed by atoms with Gasteiger partial charge >= 0.3 is 28.8 Å². The highest BCUT2D eigenvalue weighted by Crippen LogP contribution is 2.68. The van der Waals surface area contributed by atoms with Crippen molar-refractivity contribution in [3.8, 4) is 0 Å². The molecule has 0 spiro atoms. The Hall–Kier alpha value is -0.340. The Balaban J connectivity index is 7.03. The molecule has 0 aromatic heterocycles. The SMILES string of the molecule is CCOP(=O)(O)/C(C(=O)O)=C(\C(CC)P(=O)(O)OCC)P(=O)(O)OCC. The maximum absolute atomic E-state index is 12.6. The van der Waals surface area contributed by atoms with E-state index in [4.69, 9.17) is 4.52 Å². The van der Waals surface area contributed by atoms with Crippen molar-refractivity contribution < 1.29 is 51.8 Å². The Bertz CT molecular complexity index is 671. The largest absolute Gasteiger partial charge is 0.477 e. The van der Waals surface area contributed by atoms with Crippen LogP contribution in [0.5, 0.6) is 0 Å². The fourth-order valence-corrected chi connectivity index (χ4v) is 7.96. The third kappa shape index (κ3) is 6.37. The predicted octanol–water partition coefficient (Wildman–Crippen LogP) is 2.73. The molecule has 154 valence electrons. The van der Waals surface area contributed by atoms with Gasteiger partial charge in [-0.2, -0.15) is 0 Å². The van der Waals surface area contributed by atoms with Gasteiger partial charge in [0.15, 0.2) is 5.31 Å². The van der Waals surface area contributed by atoms with Crippen LogP contribution in [0.2, 0.25) is 0 Å². The zero-order chi connectivity index (χ0) is 20.8. The molecule has 0 fully saturated rings. The first kappa shape index (κ1) is 25.7. The molecule has 4 atom stereocenters. The number of aliphatic carboxylic acids is 1. The van der Waals surface area contributed by atoms with Crippen molar-refractivity contribution in [2.45, 2.75) is 39.8 Å². The van der Waals surface area contributed by atoms with Crippen LogP contribution >= 0.6 is 22.8 Å². The molecule has 0 amide bonds. The molecule has 0 saturated carbocycles. The van der Waals surface area contributed by atoms with Crippen molar-refractivity contribution in [1.29, 1.82) is 0 Å². The topological polar surface area (TPSA) is 177 Å². The first-order chi connectivity index (χ1) is 11.8. The van der Waals surface area contributed by atoms with E-state index in [0.717, 1.165) is 0 Å². The molecule has 4 unspecified atom stereocenters. The van der Waals surface area contributed by atoms with Crippen molar-refractivity contribution in [3.05, 3.63) is 10.6 Å². The molecule has 4 N–H and O–H groups in total. The summed E-state index contributed by atoms with van der Waals surface area (Å²) < 4.78 is 51.3. The summed E-state index contributed by atoms with van der Waals surface area (Å²) in [6.07, 6.45) is -0.344. The average molecular weight is 438 g/mol. The van der Waals surface area contributed by atoms with Crippen LogP contribution in [0.25, 0.3) is 0 Å². The number of carboxylic acid groups (broad SMARTS) is 1. The fraction of sp³-hybridized carbons (Fsp3) is 0.750. The minimum Gasteiger partial charge on any atom is -0.477 e. The smallest absolute Gasteiger partial charge is 0.366 e. The highest BCUT2D eigenvalue weighted by Gasteiger charge is 2.50. The van der Waals surface area contributed by atoms with Gasteiger partial charge in [-0.05, 0) is 27.2 Å². The van der Waals surface area contributed by atoms with E-state index >= 15 is 0 Å². The summed E-state index contributed by atoms with van der Waals surface area (Å²) in [5.74, 6) is -2.05. The zero-order valence-corrected chi connectivity index (χ0v) is 17.6. The maximum Gasteiger partial charge on any atom is 0.366 e. The van der Waals surface area contributed by atoms with Crippen molar-refractivity contribution in [3.63, 3.8) is 0 Å². The summed E-state index contributed by atoms with van der Waals surface area (Å²) in [4.78, 5) is 41.9. The van der Waals surface area contributed by atoms with Gasteiger partial charge in [0.2, 0.25) is 0 Å². The minimum absolute atomic E-state index is 0.257. The molecule has 26 heavy (non-hydrogen) atoms. The summed E-state index contributed by atoms with van der Waals surface area (Å²) in [6, 6.07) is 0. The van der Waals surface area contributed by atoms with E-state index in [1.54, 1.807) is 0 Å². The van der Waals surface area contributed by atoms with Gasteiger partial charge in [0.25, 0.3) is 0 Å². The molecule has 0 aliphatic rings. The molecule has 0 saturated heterocycles. The summed E-state index contributed by atoms with van der Waals surface area (Å²) >= 11 is 0. The highest BCUT2D eigenvalue weighted by molar-refractivity contribution is 7.64. The molecule has 0 bridgehead atoms. The fourth-order valence-electron chi connectivity index (χ4n) is 2.19. The second kappa shape index (κ2) is 10.3. The van der Waals surface area contributed by atoms with Crippen LogP contribution in [-0.4, -0.2) is 51.2 Å². The monoisotopic (exact) mass is 438 g/mol. The van der Waals surface area contributed by atoms with Crippen LogP contribution in [-0.2, 0) is 32.1 Å². The molecule has 0 aromatic rings. The number of carboxylic acids is 1. The summed E-state index contributed by atoms with van der Waals surface area (Å²) in [5.41, 5.74) is -1.86. The van der Waals surface area contributed by atoms with E-state index in [1.165, 1.54) is 27.7 Å². The van der Waals surface area contributed by atoms with Gasteiger partial charge in [-0.15, -0.1) is 0 Å². The van der Waals surface area contributed by atoms with Gasteiger partial charge in [-0.25, -0.2) is 4.79 Å². The molecule has 0 rings (SSSR count). The number of rotatable bonds is 12. The van der Waals surface area contributed by atoms with E-state index < -0.39 is 45.0 Å². The third-order valence-corrected chi connectivity index (χ3v) is 8.83. The lowest BCUT2D eigenvalue weighted by atomic mass is 10.3.